The molecule has 1 heterocycles. The Labute approximate surface area is 111 Å². The normalized spacial score (nSPS) is 19.7. The van der Waals surface area contributed by atoms with Gasteiger partial charge in [0, 0.05) is 12.0 Å². The van der Waals surface area contributed by atoms with Crippen molar-refractivity contribution in [2.75, 3.05) is 0 Å². The van der Waals surface area contributed by atoms with Crippen LogP contribution in [0.3, 0.4) is 0 Å². The number of nitrogens with zero attached hydrogens (tertiary/aromatic N) is 1. The van der Waals surface area contributed by atoms with Gasteiger partial charge in [-0.05, 0) is 25.5 Å². The molecule has 2 rings (SSSR count). The molecule has 6 nitrogen and oxygen atoms in total. The highest BCUT2D eigenvalue weighted by Crippen LogP contribution is 2.22. The number of aliphatic carboxylic acids is 1. The lowest BCUT2D eigenvalue weighted by Crippen LogP contribution is -2.23. The van der Waals surface area contributed by atoms with Crippen LogP contribution < -0.4 is 4.72 Å². The van der Waals surface area contributed by atoms with Crippen LogP contribution in [-0.2, 0) is 14.8 Å². The number of rotatable bonds is 4. The molecule has 0 saturated heterocycles. The first-order valence-corrected chi connectivity index (χ1v) is 7.30. The second kappa shape index (κ2) is 5.00. The van der Waals surface area contributed by atoms with Crippen LogP contribution in [0.2, 0.25) is 0 Å². The van der Waals surface area contributed by atoms with E-state index in [1.807, 2.05) is 0 Å². The quantitative estimate of drug-likeness (QED) is 0.860. The highest BCUT2D eigenvalue weighted by molar-refractivity contribution is 7.90. The van der Waals surface area contributed by atoms with Crippen LogP contribution in [0.15, 0.2) is 34.2 Å². The number of carbonyl (C=O) groups is 1. The molecule has 1 unspecified atom stereocenters. The molecule has 0 spiro atoms. The second-order valence-electron chi connectivity index (χ2n) is 4.36. The predicted octanol–water partition coefficient (Wildman–Crippen LogP) is 0.978. The Kier molecular flexibility index (Phi) is 3.57. The molecule has 0 amide bonds. The van der Waals surface area contributed by atoms with Gasteiger partial charge in [0.25, 0.3) is 10.0 Å². The van der Waals surface area contributed by atoms with E-state index in [1.54, 1.807) is 25.1 Å². The number of hydrogen-bond donors (Lipinski definition) is 2. The molecular formula is C12H14N2O4S. The first kappa shape index (κ1) is 13.5. The standard InChI is InChI=1S/C12H14N2O4S/c1-8(6-7-11(15)16)13-12-9-4-2-3-5-10(9)19(17,18)14-12/h2-5,8H,6-7H2,1H3,(H,13,14)(H,15,16). The lowest BCUT2D eigenvalue weighted by atomic mass is 10.1. The van der Waals surface area contributed by atoms with E-state index in [-0.39, 0.29) is 23.2 Å². The Bertz CT molecular complexity index is 637. The largest absolute Gasteiger partial charge is 0.481 e. The molecule has 0 aliphatic carbocycles. The third-order valence-corrected chi connectivity index (χ3v) is 4.19. The van der Waals surface area contributed by atoms with Gasteiger partial charge in [0.2, 0.25) is 0 Å². The van der Waals surface area contributed by atoms with E-state index in [2.05, 4.69) is 9.71 Å². The van der Waals surface area contributed by atoms with Crippen LogP contribution in [0.25, 0.3) is 0 Å². The molecule has 1 aliphatic heterocycles. The molecule has 0 saturated carbocycles. The zero-order valence-corrected chi connectivity index (χ0v) is 11.1. The molecule has 102 valence electrons. The summed E-state index contributed by atoms with van der Waals surface area (Å²) in [6, 6.07) is 6.31. The number of carboxylic acid groups (broad SMARTS) is 1. The van der Waals surface area contributed by atoms with Crippen molar-refractivity contribution in [3.63, 3.8) is 0 Å². The number of amidine groups is 1. The van der Waals surface area contributed by atoms with Crippen LogP contribution in [-0.4, -0.2) is 31.4 Å². The number of carboxylic acids is 1. The lowest BCUT2D eigenvalue weighted by molar-refractivity contribution is -0.137. The fourth-order valence-corrected chi connectivity index (χ4v) is 3.09. The smallest absolute Gasteiger partial charge is 0.303 e. The van der Waals surface area contributed by atoms with Gasteiger partial charge in [-0.1, -0.05) is 12.1 Å². The van der Waals surface area contributed by atoms with Gasteiger partial charge in [-0.25, -0.2) is 8.42 Å². The van der Waals surface area contributed by atoms with Crippen LogP contribution in [0, 0.1) is 0 Å². The molecule has 7 heteroatoms. The van der Waals surface area contributed by atoms with Gasteiger partial charge in [-0.15, -0.1) is 0 Å². The van der Waals surface area contributed by atoms with E-state index >= 15 is 0 Å². The molecule has 1 aromatic carbocycles. The highest BCUT2D eigenvalue weighted by Gasteiger charge is 2.30. The third-order valence-electron chi connectivity index (χ3n) is 2.79. The van der Waals surface area contributed by atoms with Crippen molar-refractivity contribution in [2.45, 2.75) is 30.7 Å². The van der Waals surface area contributed by atoms with Crippen LogP contribution in [0.1, 0.15) is 25.3 Å². The topological polar surface area (TPSA) is 95.8 Å². The van der Waals surface area contributed by atoms with Crippen LogP contribution in [0.5, 0.6) is 0 Å². The van der Waals surface area contributed by atoms with Gasteiger partial charge in [0.15, 0.2) is 0 Å². The minimum atomic E-state index is -3.53. The lowest BCUT2D eigenvalue weighted by Gasteiger charge is -2.06. The Morgan fingerprint density at radius 1 is 1.42 bits per heavy atom. The summed E-state index contributed by atoms with van der Waals surface area (Å²) in [4.78, 5) is 14.9. The summed E-state index contributed by atoms with van der Waals surface area (Å²) in [5, 5.41) is 8.60. The summed E-state index contributed by atoms with van der Waals surface area (Å²) in [6.07, 6.45) is 0.370. The van der Waals surface area contributed by atoms with Gasteiger partial charge in [0.1, 0.15) is 5.84 Å². The molecule has 1 aromatic rings. The zero-order valence-electron chi connectivity index (χ0n) is 10.3. The number of fused-ring (bicyclic) bond motifs is 1. The van der Waals surface area contributed by atoms with Crippen molar-refractivity contribution in [1.82, 2.24) is 4.72 Å². The van der Waals surface area contributed by atoms with E-state index in [0.29, 0.717) is 12.0 Å². The van der Waals surface area contributed by atoms with Gasteiger partial charge >= 0.3 is 5.97 Å². The van der Waals surface area contributed by atoms with Gasteiger partial charge < -0.3 is 5.11 Å². The van der Waals surface area contributed by atoms with Crippen molar-refractivity contribution < 1.29 is 18.3 Å². The number of aliphatic imine (C=N–C) groups is 1. The van der Waals surface area contributed by atoms with E-state index in [4.69, 9.17) is 5.11 Å². The van der Waals surface area contributed by atoms with Gasteiger partial charge in [-0.2, -0.15) is 0 Å². The Morgan fingerprint density at radius 3 is 2.79 bits per heavy atom. The zero-order chi connectivity index (χ0) is 14.0. The maximum Gasteiger partial charge on any atom is 0.303 e. The van der Waals surface area contributed by atoms with E-state index in [1.165, 1.54) is 6.07 Å². The fourth-order valence-electron chi connectivity index (χ4n) is 1.85. The second-order valence-corrected chi connectivity index (χ2v) is 6.01. The molecular weight excluding hydrogens is 268 g/mol. The molecule has 0 fully saturated rings. The maximum atomic E-state index is 11.8. The minimum Gasteiger partial charge on any atom is -0.481 e. The van der Waals surface area contributed by atoms with Crippen molar-refractivity contribution >= 4 is 21.8 Å². The molecule has 0 bridgehead atoms. The number of benzene rings is 1. The summed E-state index contributed by atoms with van der Waals surface area (Å²) in [5.41, 5.74) is 0.532. The minimum absolute atomic E-state index is 0.00629. The summed E-state index contributed by atoms with van der Waals surface area (Å²) < 4.78 is 26.0. The molecule has 0 aromatic heterocycles. The fraction of sp³-hybridized carbons (Fsp3) is 0.333. The summed E-state index contributed by atoms with van der Waals surface area (Å²) in [5.74, 6) is -0.604. The van der Waals surface area contributed by atoms with Gasteiger partial charge in [0.05, 0.1) is 10.9 Å². The Morgan fingerprint density at radius 2 is 2.11 bits per heavy atom. The molecule has 0 radical (unpaired) electrons. The van der Waals surface area contributed by atoms with E-state index < -0.39 is 16.0 Å². The van der Waals surface area contributed by atoms with Crippen LogP contribution >= 0.6 is 0 Å². The van der Waals surface area contributed by atoms with Gasteiger partial charge in [-0.3, -0.25) is 14.5 Å². The van der Waals surface area contributed by atoms with Crippen LogP contribution in [0.4, 0.5) is 0 Å². The molecule has 19 heavy (non-hydrogen) atoms. The van der Waals surface area contributed by atoms with Crippen molar-refractivity contribution in [1.29, 1.82) is 0 Å². The number of nitrogens with one attached hydrogen (secondary N) is 1. The number of sulfonamides is 1. The Hall–Kier alpha value is -1.89. The maximum absolute atomic E-state index is 11.8. The predicted molar refractivity (Wildman–Crippen MR) is 69.6 cm³/mol. The van der Waals surface area contributed by atoms with Crippen molar-refractivity contribution in [3.05, 3.63) is 29.8 Å². The first-order chi connectivity index (χ1) is 8.90. The average molecular weight is 282 g/mol. The molecule has 1 atom stereocenters. The highest BCUT2D eigenvalue weighted by atomic mass is 32.2. The third kappa shape index (κ3) is 2.93. The first-order valence-electron chi connectivity index (χ1n) is 5.82. The summed E-state index contributed by atoms with van der Waals surface area (Å²) >= 11 is 0. The van der Waals surface area contributed by atoms with E-state index in [9.17, 15) is 13.2 Å². The molecule has 2 N–H and O–H groups in total. The Balaban J connectivity index is 2.26. The average Bonchev–Trinajstić information content (AvgIpc) is 2.59. The SMILES string of the molecule is CC(CCC(=O)O)N=C1NS(=O)(=O)c2ccccc21. The molecule has 1 aliphatic rings. The summed E-state index contributed by atoms with van der Waals surface area (Å²) in [7, 11) is -3.53. The van der Waals surface area contributed by atoms with Crippen molar-refractivity contribution in [3.8, 4) is 0 Å². The van der Waals surface area contributed by atoms with E-state index in [0.717, 1.165) is 0 Å². The summed E-state index contributed by atoms with van der Waals surface area (Å²) in [6.45, 7) is 1.76. The monoisotopic (exact) mass is 282 g/mol. The number of hydrogen-bond acceptors (Lipinski definition) is 4. The van der Waals surface area contributed by atoms with Crippen molar-refractivity contribution in [2.24, 2.45) is 4.99 Å².